The van der Waals surface area contributed by atoms with Crippen LogP contribution in [0.4, 0.5) is 5.69 Å². The number of nitro groups is 1. The predicted octanol–water partition coefficient (Wildman–Crippen LogP) is 2.19. The monoisotopic (exact) mass is 443 g/mol. The standard InChI is InChI=1S/C20H21N5O5S/c26-25(27)17-7-4-8-18(15-17)31(28,29)24-13-11-23(12-14-24)10-9-19-21-22-20(30-19)16-5-2-1-3-6-16/h1-8,15H,9-14H2. The topological polar surface area (TPSA) is 123 Å². The van der Waals surface area contributed by atoms with E-state index in [1.54, 1.807) is 0 Å². The first kappa shape index (κ1) is 21.1. The van der Waals surface area contributed by atoms with Crippen LogP contribution in [0.3, 0.4) is 0 Å². The molecule has 31 heavy (non-hydrogen) atoms. The molecule has 1 aliphatic heterocycles. The van der Waals surface area contributed by atoms with Crippen LogP contribution in [0.15, 0.2) is 63.9 Å². The fourth-order valence-electron chi connectivity index (χ4n) is 3.41. The van der Waals surface area contributed by atoms with Crippen LogP contribution in [-0.2, 0) is 16.4 Å². The molecule has 1 fully saturated rings. The Morgan fingerprint density at radius 1 is 1.00 bits per heavy atom. The number of aromatic nitrogens is 2. The van der Waals surface area contributed by atoms with E-state index in [2.05, 4.69) is 15.1 Å². The minimum absolute atomic E-state index is 0.0607. The van der Waals surface area contributed by atoms with Crippen LogP contribution in [0.2, 0.25) is 0 Å². The van der Waals surface area contributed by atoms with Gasteiger partial charge in [0, 0.05) is 56.8 Å². The number of benzene rings is 2. The van der Waals surface area contributed by atoms with Gasteiger partial charge in [0.1, 0.15) is 0 Å². The highest BCUT2D eigenvalue weighted by atomic mass is 32.2. The summed E-state index contributed by atoms with van der Waals surface area (Å²) in [4.78, 5) is 12.4. The van der Waals surface area contributed by atoms with E-state index in [0.717, 1.165) is 11.6 Å². The first-order chi connectivity index (χ1) is 14.9. The van der Waals surface area contributed by atoms with Crippen molar-refractivity contribution in [2.45, 2.75) is 11.3 Å². The van der Waals surface area contributed by atoms with Crippen molar-refractivity contribution < 1.29 is 17.8 Å². The fourth-order valence-corrected chi connectivity index (χ4v) is 4.87. The minimum Gasteiger partial charge on any atom is -0.421 e. The Bertz CT molecular complexity index is 1160. The smallest absolute Gasteiger partial charge is 0.270 e. The third kappa shape index (κ3) is 4.79. The summed E-state index contributed by atoms with van der Waals surface area (Å²) in [6, 6.07) is 14.7. The molecule has 0 aliphatic carbocycles. The van der Waals surface area contributed by atoms with E-state index < -0.39 is 14.9 Å². The normalized spacial score (nSPS) is 15.7. The first-order valence-electron chi connectivity index (χ1n) is 9.78. The van der Waals surface area contributed by atoms with Gasteiger partial charge in [-0.3, -0.25) is 10.1 Å². The van der Waals surface area contributed by atoms with Gasteiger partial charge in [0.15, 0.2) is 0 Å². The third-order valence-corrected chi connectivity index (χ3v) is 7.02. The Hall–Kier alpha value is -3.15. The van der Waals surface area contributed by atoms with Gasteiger partial charge < -0.3 is 9.32 Å². The summed E-state index contributed by atoms with van der Waals surface area (Å²) in [6.07, 6.45) is 0.567. The van der Waals surface area contributed by atoms with Gasteiger partial charge >= 0.3 is 0 Å². The van der Waals surface area contributed by atoms with Gasteiger partial charge in [-0.15, -0.1) is 10.2 Å². The van der Waals surface area contributed by atoms with Crippen LogP contribution in [-0.4, -0.2) is 65.5 Å². The van der Waals surface area contributed by atoms with Gasteiger partial charge in [-0.25, -0.2) is 8.42 Å². The number of nitrogens with zero attached hydrogens (tertiary/aromatic N) is 5. The quantitative estimate of drug-likeness (QED) is 0.402. The molecule has 162 valence electrons. The van der Waals surface area contributed by atoms with Gasteiger partial charge in [-0.2, -0.15) is 4.31 Å². The molecule has 0 N–H and O–H groups in total. The van der Waals surface area contributed by atoms with Crippen molar-refractivity contribution >= 4 is 15.7 Å². The van der Waals surface area contributed by atoms with E-state index in [1.165, 1.54) is 22.5 Å². The highest BCUT2D eigenvalue weighted by molar-refractivity contribution is 7.89. The van der Waals surface area contributed by atoms with Crippen molar-refractivity contribution in [3.05, 3.63) is 70.6 Å². The lowest BCUT2D eigenvalue weighted by Gasteiger charge is -2.33. The van der Waals surface area contributed by atoms with E-state index in [4.69, 9.17) is 4.42 Å². The number of nitro benzene ring substituents is 1. The van der Waals surface area contributed by atoms with E-state index in [9.17, 15) is 18.5 Å². The molecule has 10 nitrogen and oxygen atoms in total. The summed E-state index contributed by atoms with van der Waals surface area (Å²) in [7, 11) is -3.77. The zero-order chi connectivity index (χ0) is 21.8. The van der Waals surface area contributed by atoms with E-state index >= 15 is 0 Å². The van der Waals surface area contributed by atoms with E-state index in [-0.39, 0.29) is 10.6 Å². The molecule has 1 saturated heterocycles. The second-order valence-electron chi connectivity index (χ2n) is 7.12. The maximum atomic E-state index is 12.8. The molecule has 0 unspecified atom stereocenters. The molecular formula is C20H21N5O5S. The van der Waals surface area contributed by atoms with Crippen molar-refractivity contribution in [1.82, 2.24) is 19.4 Å². The maximum Gasteiger partial charge on any atom is 0.270 e. The lowest BCUT2D eigenvalue weighted by atomic mass is 10.2. The lowest BCUT2D eigenvalue weighted by molar-refractivity contribution is -0.385. The molecule has 1 aromatic heterocycles. The maximum absolute atomic E-state index is 12.8. The van der Waals surface area contributed by atoms with Crippen molar-refractivity contribution in [2.24, 2.45) is 0 Å². The van der Waals surface area contributed by atoms with Crippen molar-refractivity contribution in [1.29, 1.82) is 0 Å². The Morgan fingerprint density at radius 2 is 1.74 bits per heavy atom. The summed E-state index contributed by atoms with van der Waals surface area (Å²) < 4.78 is 32.8. The van der Waals surface area contributed by atoms with Crippen LogP contribution in [0.5, 0.6) is 0 Å². The third-order valence-electron chi connectivity index (χ3n) is 5.13. The molecule has 0 saturated carbocycles. The fraction of sp³-hybridized carbons (Fsp3) is 0.300. The number of rotatable bonds is 7. The second-order valence-corrected chi connectivity index (χ2v) is 9.06. The van der Waals surface area contributed by atoms with Crippen molar-refractivity contribution in [3.63, 3.8) is 0 Å². The largest absolute Gasteiger partial charge is 0.421 e. The first-order valence-corrected chi connectivity index (χ1v) is 11.2. The molecule has 2 heterocycles. The van der Waals surface area contributed by atoms with Crippen LogP contribution >= 0.6 is 0 Å². The van der Waals surface area contributed by atoms with Gasteiger partial charge in [0.25, 0.3) is 5.69 Å². The van der Waals surface area contributed by atoms with E-state index in [0.29, 0.717) is 50.9 Å². The summed E-state index contributed by atoms with van der Waals surface area (Å²) in [6.45, 7) is 2.39. The predicted molar refractivity (Wildman–Crippen MR) is 112 cm³/mol. The van der Waals surface area contributed by atoms with E-state index in [1.807, 2.05) is 30.3 Å². The summed E-state index contributed by atoms with van der Waals surface area (Å²) >= 11 is 0. The number of hydrogen-bond donors (Lipinski definition) is 0. The lowest BCUT2D eigenvalue weighted by Crippen LogP contribution is -2.49. The SMILES string of the molecule is O=[N+]([O-])c1cccc(S(=O)(=O)N2CCN(CCc3nnc(-c4ccccc4)o3)CC2)c1. The molecule has 3 aromatic rings. The molecule has 4 rings (SSSR count). The molecular weight excluding hydrogens is 422 g/mol. The summed E-state index contributed by atoms with van der Waals surface area (Å²) in [5.74, 6) is 1.01. The Morgan fingerprint density at radius 3 is 2.45 bits per heavy atom. The average Bonchev–Trinajstić information content (AvgIpc) is 3.28. The molecule has 1 aliphatic rings. The van der Waals surface area contributed by atoms with Crippen LogP contribution in [0, 0.1) is 10.1 Å². The number of sulfonamides is 1. The minimum atomic E-state index is -3.77. The highest BCUT2D eigenvalue weighted by Crippen LogP contribution is 2.22. The van der Waals surface area contributed by atoms with Gasteiger partial charge in [-0.05, 0) is 18.2 Å². The average molecular weight is 443 g/mol. The molecule has 0 atom stereocenters. The van der Waals surface area contributed by atoms with Crippen molar-refractivity contribution in [2.75, 3.05) is 32.7 Å². The van der Waals surface area contributed by atoms with Crippen LogP contribution < -0.4 is 0 Å². The highest BCUT2D eigenvalue weighted by Gasteiger charge is 2.29. The summed E-state index contributed by atoms with van der Waals surface area (Å²) in [5, 5.41) is 19.1. The Kier molecular flexibility index (Phi) is 6.07. The Labute approximate surface area is 179 Å². The van der Waals surface area contributed by atoms with Gasteiger partial charge in [-0.1, -0.05) is 24.3 Å². The zero-order valence-corrected chi connectivity index (χ0v) is 17.4. The molecule has 0 radical (unpaired) electrons. The van der Waals surface area contributed by atoms with Gasteiger partial charge in [0.2, 0.25) is 21.8 Å². The number of piperazine rings is 1. The van der Waals surface area contributed by atoms with Crippen molar-refractivity contribution in [3.8, 4) is 11.5 Å². The molecule has 11 heteroatoms. The number of non-ortho nitro benzene ring substituents is 1. The van der Waals surface area contributed by atoms with Gasteiger partial charge in [0.05, 0.1) is 9.82 Å². The molecule has 0 bridgehead atoms. The summed E-state index contributed by atoms with van der Waals surface area (Å²) in [5.41, 5.74) is 0.621. The van der Waals surface area contributed by atoms with Crippen LogP contribution in [0.1, 0.15) is 5.89 Å². The zero-order valence-electron chi connectivity index (χ0n) is 16.6. The molecule has 2 aromatic carbocycles. The second kappa shape index (κ2) is 8.92. The number of hydrogen-bond acceptors (Lipinski definition) is 8. The Balaban J connectivity index is 1.32. The molecule has 0 amide bonds. The van der Waals surface area contributed by atoms with Crippen LogP contribution in [0.25, 0.3) is 11.5 Å². The molecule has 0 spiro atoms.